The maximum atomic E-state index is 4.35. The normalized spacial score (nSPS) is 18.7. The summed E-state index contributed by atoms with van der Waals surface area (Å²) in [6.45, 7) is 2.07. The van der Waals surface area contributed by atoms with Gasteiger partial charge in [0, 0.05) is 5.71 Å². The Hall–Kier alpha value is -1.19. The van der Waals surface area contributed by atoms with Crippen molar-refractivity contribution in [2.45, 2.75) is 32.6 Å². The van der Waals surface area contributed by atoms with Crippen molar-refractivity contribution in [3.63, 3.8) is 0 Å². The standard InChI is InChI=1S/C9H14N4/c1-8(5-9-3-2-4-9)12-13-6-10-11-7-13/h6-7,9H,2-5H2,1H3/b12-8+. The van der Waals surface area contributed by atoms with Crippen molar-refractivity contribution >= 4 is 5.71 Å². The van der Waals surface area contributed by atoms with E-state index in [4.69, 9.17) is 0 Å². The molecule has 1 aliphatic carbocycles. The SMILES string of the molecule is C/C(CC1CCC1)=N\n1cnnc1. The van der Waals surface area contributed by atoms with Gasteiger partial charge in [-0.25, -0.2) is 4.68 Å². The van der Waals surface area contributed by atoms with Crippen LogP contribution in [0.25, 0.3) is 0 Å². The van der Waals surface area contributed by atoms with E-state index in [0.29, 0.717) is 0 Å². The van der Waals surface area contributed by atoms with Crippen LogP contribution in [-0.2, 0) is 0 Å². The molecule has 0 aliphatic heterocycles. The molecule has 2 rings (SSSR count). The van der Waals surface area contributed by atoms with Crippen molar-refractivity contribution in [2.75, 3.05) is 0 Å². The van der Waals surface area contributed by atoms with Gasteiger partial charge in [-0.05, 0) is 19.3 Å². The van der Waals surface area contributed by atoms with Crippen LogP contribution in [0.1, 0.15) is 32.6 Å². The molecule has 1 heterocycles. The Morgan fingerprint density at radius 1 is 1.46 bits per heavy atom. The van der Waals surface area contributed by atoms with Gasteiger partial charge in [0.05, 0.1) is 0 Å². The van der Waals surface area contributed by atoms with E-state index in [1.807, 2.05) is 0 Å². The highest BCUT2D eigenvalue weighted by atomic mass is 15.4. The molecule has 1 aliphatic rings. The van der Waals surface area contributed by atoms with Gasteiger partial charge in [-0.2, -0.15) is 5.10 Å². The van der Waals surface area contributed by atoms with Crippen LogP contribution in [-0.4, -0.2) is 20.6 Å². The number of nitrogens with zero attached hydrogens (tertiary/aromatic N) is 4. The predicted octanol–water partition coefficient (Wildman–Crippen LogP) is 1.69. The van der Waals surface area contributed by atoms with E-state index >= 15 is 0 Å². The summed E-state index contributed by atoms with van der Waals surface area (Å²) in [5.74, 6) is 0.875. The molecule has 0 atom stereocenters. The van der Waals surface area contributed by atoms with Gasteiger partial charge >= 0.3 is 0 Å². The van der Waals surface area contributed by atoms with Gasteiger partial charge in [0.15, 0.2) is 0 Å². The van der Waals surface area contributed by atoms with Crippen LogP contribution in [0.4, 0.5) is 0 Å². The molecule has 1 fully saturated rings. The summed E-state index contributed by atoms with van der Waals surface area (Å²) in [5.41, 5.74) is 1.17. The summed E-state index contributed by atoms with van der Waals surface area (Å²) in [6.07, 6.45) is 8.49. The molecule has 13 heavy (non-hydrogen) atoms. The topological polar surface area (TPSA) is 43.1 Å². The van der Waals surface area contributed by atoms with Crippen LogP contribution in [0, 0.1) is 5.92 Å². The molecule has 0 aromatic carbocycles. The van der Waals surface area contributed by atoms with E-state index in [-0.39, 0.29) is 0 Å². The minimum absolute atomic E-state index is 0.875. The average Bonchev–Trinajstić information content (AvgIpc) is 2.49. The third-order valence-electron chi connectivity index (χ3n) is 2.50. The Morgan fingerprint density at radius 2 is 2.15 bits per heavy atom. The lowest BCUT2D eigenvalue weighted by molar-refractivity contribution is 0.326. The third kappa shape index (κ3) is 2.14. The van der Waals surface area contributed by atoms with Gasteiger partial charge in [0.1, 0.15) is 12.7 Å². The minimum atomic E-state index is 0.875. The molecule has 1 aromatic rings. The Kier molecular flexibility index (Phi) is 2.38. The highest BCUT2D eigenvalue weighted by Crippen LogP contribution is 2.29. The predicted molar refractivity (Wildman–Crippen MR) is 50.5 cm³/mol. The van der Waals surface area contributed by atoms with Gasteiger partial charge in [-0.15, -0.1) is 10.2 Å². The van der Waals surface area contributed by atoms with E-state index in [1.54, 1.807) is 17.3 Å². The van der Waals surface area contributed by atoms with Crippen molar-refractivity contribution in [1.82, 2.24) is 14.9 Å². The summed E-state index contributed by atoms with van der Waals surface area (Å²) in [6, 6.07) is 0. The smallest absolute Gasteiger partial charge is 0.141 e. The summed E-state index contributed by atoms with van der Waals surface area (Å²) < 4.78 is 1.66. The zero-order valence-corrected chi connectivity index (χ0v) is 7.85. The second-order valence-corrected chi connectivity index (χ2v) is 3.68. The maximum Gasteiger partial charge on any atom is 0.141 e. The lowest BCUT2D eigenvalue weighted by Gasteiger charge is -2.24. The molecular formula is C9H14N4. The molecule has 4 heteroatoms. The number of aromatic nitrogens is 3. The van der Waals surface area contributed by atoms with Crippen molar-refractivity contribution in [1.29, 1.82) is 0 Å². The van der Waals surface area contributed by atoms with Gasteiger partial charge in [0.25, 0.3) is 0 Å². The van der Waals surface area contributed by atoms with Gasteiger partial charge < -0.3 is 0 Å². The fourth-order valence-electron chi connectivity index (χ4n) is 1.60. The minimum Gasteiger partial charge on any atom is -0.208 e. The molecule has 1 saturated carbocycles. The fraction of sp³-hybridized carbons (Fsp3) is 0.667. The molecule has 0 amide bonds. The van der Waals surface area contributed by atoms with Crippen LogP contribution in [0.3, 0.4) is 0 Å². The first-order valence-corrected chi connectivity index (χ1v) is 4.73. The molecule has 0 spiro atoms. The van der Waals surface area contributed by atoms with Crippen molar-refractivity contribution in [3.8, 4) is 0 Å². The van der Waals surface area contributed by atoms with E-state index < -0.39 is 0 Å². The number of rotatable bonds is 3. The monoisotopic (exact) mass is 178 g/mol. The molecule has 0 N–H and O–H groups in total. The van der Waals surface area contributed by atoms with E-state index in [0.717, 1.165) is 12.3 Å². The van der Waals surface area contributed by atoms with E-state index in [9.17, 15) is 0 Å². The van der Waals surface area contributed by atoms with Crippen LogP contribution < -0.4 is 0 Å². The molecule has 0 unspecified atom stereocenters. The second kappa shape index (κ2) is 3.68. The second-order valence-electron chi connectivity index (χ2n) is 3.68. The lowest BCUT2D eigenvalue weighted by Crippen LogP contribution is -2.14. The molecule has 1 aromatic heterocycles. The van der Waals surface area contributed by atoms with Crippen LogP contribution in [0.5, 0.6) is 0 Å². The lowest BCUT2D eigenvalue weighted by atomic mass is 9.82. The fourth-order valence-corrected chi connectivity index (χ4v) is 1.60. The molecule has 70 valence electrons. The van der Waals surface area contributed by atoms with Crippen molar-refractivity contribution in [2.24, 2.45) is 11.0 Å². The van der Waals surface area contributed by atoms with Crippen LogP contribution >= 0.6 is 0 Å². The number of hydrogen-bond acceptors (Lipinski definition) is 3. The first-order valence-electron chi connectivity index (χ1n) is 4.73. The quantitative estimate of drug-likeness (QED) is 0.661. The summed E-state index contributed by atoms with van der Waals surface area (Å²) in [4.78, 5) is 0. The van der Waals surface area contributed by atoms with Gasteiger partial charge in [-0.3, -0.25) is 0 Å². The Morgan fingerprint density at radius 3 is 2.69 bits per heavy atom. The highest BCUT2D eigenvalue weighted by Gasteiger charge is 2.17. The average molecular weight is 178 g/mol. The van der Waals surface area contributed by atoms with E-state index in [1.165, 1.54) is 25.0 Å². The summed E-state index contributed by atoms with van der Waals surface area (Å²) in [5, 5.41) is 11.7. The Balaban J connectivity index is 1.91. The largest absolute Gasteiger partial charge is 0.208 e. The van der Waals surface area contributed by atoms with Gasteiger partial charge in [0.2, 0.25) is 0 Å². The van der Waals surface area contributed by atoms with Gasteiger partial charge in [-0.1, -0.05) is 19.3 Å². The van der Waals surface area contributed by atoms with Crippen LogP contribution in [0.15, 0.2) is 17.8 Å². The zero-order chi connectivity index (χ0) is 9.10. The molecule has 4 nitrogen and oxygen atoms in total. The molecule has 0 saturated heterocycles. The Bertz CT molecular complexity index is 285. The maximum absolute atomic E-state index is 4.35. The number of hydrogen-bond donors (Lipinski definition) is 0. The van der Waals surface area contributed by atoms with Crippen LogP contribution in [0.2, 0.25) is 0 Å². The van der Waals surface area contributed by atoms with Crippen molar-refractivity contribution in [3.05, 3.63) is 12.7 Å². The summed E-state index contributed by atoms with van der Waals surface area (Å²) >= 11 is 0. The molecular weight excluding hydrogens is 164 g/mol. The highest BCUT2D eigenvalue weighted by molar-refractivity contribution is 5.82. The first kappa shape index (κ1) is 8.41. The molecule has 0 bridgehead atoms. The Labute approximate surface area is 77.7 Å². The zero-order valence-electron chi connectivity index (χ0n) is 7.85. The third-order valence-corrected chi connectivity index (χ3v) is 2.50. The summed E-state index contributed by atoms with van der Waals surface area (Å²) in [7, 11) is 0. The van der Waals surface area contributed by atoms with Crippen molar-refractivity contribution < 1.29 is 0 Å². The van der Waals surface area contributed by atoms with E-state index in [2.05, 4.69) is 22.2 Å². The molecule has 0 radical (unpaired) electrons. The first-order chi connectivity index (χ1) is 6.34.